The summed E-state index contributed by atoms with van der Waals surface area (Å²) in [6, 6.07) is 7.18. The monoisotopic (exact) mass is 355 g/mol. The molecule has 1 aliphatic rings. The molecular weight excluding hydrogens is 337 g/mol. The van der Waals surface area contributed by atoms with E-state index in [1.54, 1.807) is 0 Å². The lowest BCUT2D eigenvalue weighted by Gasteiger charge is -2.03. The summed E-state index contributed by atoms with van der Waals surface area (Å²) in [5.41, 5.74) is 2.44. The van der Waals surface area contributed by atoms with Gasteiger partial charge in [-0.3, -0.25) is 0 Å². The predicted octanol–water partition coefficient (Wildman–Crippen LogP) is 4.24. The maximum atomic E-state index is 6.02. The normalized spacial score (nSPS) is 15.4. The average Bonchev–Trinajstić information content (AvgIpc) is 3.13. The van der Waals surface area contributed by atoms with Crippen molar-refractivity contribution in [3.05, 3.63) is 33.1 Å². The first-order valence-electron chi connectivity index (χ1n) is 6.71. The molecule has 0 spiro atoms. The van der Waals surface area contributed by atoms with Gasteiger partial charge in [0.15, 0.2) is 0 Å². The Hall–Kier alpha value is -0.550. The number of aryl methyl sites for hydroxylation is 1. The van der Waals surface area contributed by atoms with Crippen LogP contribution in [-0.4, -0.2) is 6.04 Å². The summed E-state index contributed by atoms with van der Waals surface area (Å²) < 4.78 is 7.30. The molecule has 1 N–H and O–H groups in total. The Morgan fingerprint density at radius 1 is 1.39 bits per heavy atom. The second kappa shape index (κ2) is 5.21. The fourth-order valence-corrected chi connectivity index (χ4v) is 2.85. The van der Waals surface area contributed by atoms with Crippen molar-refractivity contribution >= 4 is 33.6 Å². The predicted molar refractivity (Wildman–Crippen MR) is 82.8 cm³/mol. The molecule has 0 aliphatic heterocycles. The van der Waals surface area contributed by atoms with Crippen LogP contribution in [0.5, 0.6) is 0 Å². The van der Waals surface area contributed by atoms with Crippen LogP contribution < -0.4 is 5.32 Å². The summed E-state index contributed by atoms with van der Waals surface area (Å²) in [5.74, 6) is 1.14. The zero-order valence-electron chi connectivity index (χ0n) is 10.6. The van der Waals surface area contributed by atoms with E-state index in [2.05, 4.69) is 53.0 Å². The van der Waals surface area contributed by atoms with Gasteiger partial charge in [-0.25, -0.2) is 0 Å². The van der Waals surface area contributed by atoms with Gasteiger partial charge in [0.05, 0.1) is 6.54 Å². The first-order valence-corrected chi connectivity index (χ1v) is 7.79. The third-order valence-electron chi connectivity index (χ3n) is 3.47. The minimum atomic E-state index is 0.729. The van der Waals surface area contributed by atoms with Gasteiger partial charge in [0.1, 0.15) is 11.3 Å². The lowest BCUT2D eigenvalue weighted by atomic mass is 10.1. The highest BCUT2D eigenvalue weighted by Crippen LogP contribution is 2.29. The van der Waals surface area contributed by atoms with Crippen LogP contribution in [0.15, 0.2) is 22.6 Å². The number of nitrogens with one attached hydrogen (secondary N) is 1. The molecular formula is C15H18INO. The molecule has 0 unspecified atom stereocenters. The van der Waals surface area contributed by atoms with Crippen molar-refractivity contribution in [2.75, 3.05) is 0 Å². The minimum Gasteiger partial charge on any atom is -0.459 e. The molecule has 2 aromatic rings. The second-order valence-corrected chi connectivity index (χ2v) is 6.30. The lowest BCUT2D eigenvalue weighted by molar-refractivity contribution is 0.506. The summed E-state index contributed by atoms with van der Waals surface area (Å²) >= 11 is 2.37. The Morgan fingerprint density at radius 2 is 2.22 bits per heavy atom. The van der Waals surface area contributed by atoms with Crippen LogP contribution in [0.1, 0.15) is 37.5 Å². The van der Waals surface area contributed by atoms with Crippen LogP contribution in [0.25, 0.3) is 11.0 Å². The highest BCUT2D eigenvalue weighted by atomic mass is 127. The molecule has 2 nitrogen and oxygen atoms in total. The molecule has 96 valence electrons. The van der Waals surface area contributed by atoms with Crippen molar-refractivity contribution in [3.63, 3.8) is 0 Å². The van der Waals surface area contributed by atoms with Crippen molar-refractivity contribution in [1.82, 2.24) is 5.32 Å². The highest BCUT2D eigenvalue weighted by Gasteiger charge is 2.22. The van der Waals surface area contributed by atoms with E-state index in [1.807, 2.05) is 0 Å². The Morgan fingerprint density at radius 3 is 2.94 bits per heavy atom. The number of benzene rings is 1. The topological polar surface area (TPSA) is 25.2 Å². The molecule has 1 saturated carbocycles. The fourth-order valence-electron chi connectivity index (χ4n) is 2.36. The highest BCUT2D eigenvalue weighted by molar-refractivity contribution is 14.1. The van der Waals surface area contributed by atoms with Gasteiger partial charge in [0, 0.05) is 20.6 Å². The molecule has 0 amide bonds. The van der Waals surface area contributed by atoms with E-state index in [0.717, 1.165) is 36.8 Å². The van der Waals surface area contributed by atoms with Crippen molar-refractivity contribution in [2.24, 2.45) is 0 Å². The van der Waals surface area contributed by atoms with Crippen LogP contribution in [-0.2, 0) is 13.0 Å². The Balaban J connectivity index is 1.96. The smallest absolute Gasteiger partial charge is 0.134 e. The van der Waals surface area contributed by atoms with E-state index in [0.29, 0.717) is 0 Å². The van der Waals surface area contributed by atoms with Gasteiger partial charge in [0.2, 0.25) is 0 Å². The molecule has 0 saturated heterocycles. The molecule has 0 atom stereocenters. The Labute approximate surface area is 121 Å². The molecule has 0 radical (unpaired) electrons. The lowest BCUT2D eigenvalue weighted by Crippen LogP contribution is -2.15. The number of furan rings is 1. The summed E-state index contributed by atoms with van der Waals surface area (Å²) in [5, 5.41) is 4.85. The van der Waals surface area contributed by atoms with Gasteiger partial charge in [-0.2, -0.15) is 0 Å². The van der Waals surface area contributed by atoms with Crippen LogP contribution >= 0.6 is 22.6 Å². The maximum Gasteiger partial charge on any atom is 0.134 e. The number of hydrogen-bond donors (Lipinski definition) is 1. The molecule has 1 heterocycles. The maximum absolute atomic E-state index is 6.02. The molecule has 1 fully saturated rings. The van der Waals surface area contributed by atoms with Crippen molar-refractivity contribution in [2.45, 2.75) is 45.2 Å². The van der Waals surface area contributed by atoms with E-state index >= 15 is 0 Å². The van der Waals surface area contributed by atoms with Crippen molar-refractivity contribution in [3.8, 4) is 0 Å². The van der Waals surface area contributed by atoms with E-state index in [1.165, 1.54) is 27.4 Å². The van der Waals surface area contributed by atoms with Gasteiger partial charge in [-0.05, 0) is 60.1 Å². The third kappa shape index (κ3) is 2.57. The standard InChI is InChI=1S/C15H18INO/c1-2-3-12-13-8-10(16)4-7-14(13)18-15(12)9-17-11-5-6-11/h4,7-8,11,17H,2-3,5-6,9H2,1H3. The van der Waals surface area contributed by atoms with Gasteiger partial charge in [-0.15, -0.1) is 0 Å². The Bertz CT molecular complexity index is 557. The van der Waals surface area contributed by atoms with Crippen molar-refractivity contribution < 1.29 is 4.42 Å². The van der Waals surface area contributed by atoms with E-state index in [4.69, 9.17) is 4.42 Å². The second-order valence-electron chi connectivity index (χ2n) is 5.05. The van der Waals surface area contributed by atoms with Gasteiger partial charge < -0.3 is 9.73 Å². The average molecular weight is 355 g/mol. The molecule has 3 heteroatoms. The Kier molecular flexibility index (Phi) is 3.61. The third-order valence-corrected chi connectivity index (χ3v) is 4.14. The molecule has 3 rings (SSSR count). The summed E-state index contributed by atoms with van der Waals surface area (Å²) in [4.78, 5) is 0. The molecule has 0 bridgehead atoms. The van der Waals surface area contributed by atoms with Gasteiger partial charge >= 0.3 is 0 Å². The van der Waals surface area contributed by atoms with E-state index < -0.39 is 0 Å². The molecule has 1 aromatic carbocycles. The van der Waals surface area contributed by atoms with Crippen LogP contribution in [0.3, 0.4) is 0 Å². The van der Waals surface area contributed by atoms with Crippen LogP contribution in [0.4, 0.5) is 0 Å². The van der Waals surface area contributed by atoms with E-state index in [9.17, 15) is 0 Å². The first-order chi connectivity index (χ1) is 8.78. The molecule has 1 aliphatic carbocycles. The molecule has 1 aromatic heterocycles. The zero-order chi connectivity index (χ0) is 12.5. The number of halogens is 1. The number of hydrogen-bond acceptors (Lipinski definition) is 2. The van der Waals surface area contributed by atoms with E-state index in [-0.39, 0.29) is 0 Å². The quantitative estimate of drug-likeness (QED) is 0.812. The fraction of sp³-hybridized carbons (Fsp3) is 0.467. The van der Waals surface area contributed by atoms with Gasteiger partial charge in [-0.1, -0.05) is 13.3 Å². The molecule has 18 heavy (non-hydrogen) atoms. The largest absolute Gasteiger partial charge is 0.459 e. The van der Waals surface area contributed by atoms with Crippen LogP contribution in [0, 0.1) is 3.57 Å². The summed E-state index contributed by atoms with van der Waals surface area (Å²) in [6.07, 6.45) is 4.91. The number of rotatable bonds is 5. The SMILES string of the molecule is CCCc1c(CNC2CC2)oc2ccc(I)cc12. The first kappa shape index (κ1) is 12.5. The van der Waals surface area contributed by atoms with Gasteiger partial charge in [0.25, 0.3) is 0 Å². The number of fused-ring (bicyclic) bond motifs is 1. The minimum absolute atomic E-state index is 0.729. The zero-order valence-corrected chi connectivity index (χ0v) is 12.8. The summed E-state index contributed by atoms with van der Waals surface area (Å²) in [7, 11) is 0. The van der Waals surface area contributed by atoms with Crippen LogP contribution in [0.2, 0.25) is 0 Å². The summed E-state index contributed by atoms with van der Waals surface area (Å²) in [6.45, 7) is 3.11. The van der Waals surface area contributed by atoms with Crippen molar-refractivity contribution in [1.29, 1.82) is 0 Å².